The van der Waals surface area contributed by atoms with Crippen molar-refractivity contribution in [1.82, 2.24) is 0 Å². The Morgan fingerprint density at radius 3 is 2.58 bits per heavy atom. The van der Waals surface area contributed by atoms with Gasteiger partial charge in [-0.1, -0.05) is 0 Å². The van der Waals surface area contributed by atoms with Crippen molar-refractivity contribution in [3.05, 3.63) is 46.4 Å². The summed E-state index contributed by atoms with van der Waals surface area (Å²) in [6.07, 6.45) is 0. The minimum atomic E-state index is 0.453. The van der Waals surface area contributed by atoms with Gasteiger partial charge in [0.05, 0.1) is 17.1 Å². The normalized spacial score (nSPS) is 9.74. The van der Waals surface area contributed by atoms with E-state index in [4.69, 9.17) is 15.7 Å². The van der Waals surface area contributed by atoms with Crippen molar-refractivity contribution in [1.29, 1.82) is 5.26 Å². The van der Waals surface area contributed by atoms with E-state index in [1.807, 2.05) is 24.3 Å². The van der Waals surface area contributed by atoms with Crippen LogP contribution in [0.25, 0.3) is 0 Å². The second kappa shape index (κ2) is 5.63. The van der Waals surface area contributed by atoms with Crippen LogP contribution in [0.1, 0.15) is 5.56 Å². The molecule has 0 aliphatic carbocycles. The first-order valence-corrected chi connectivity index (χ1v) is 6.33. The molecule has 19 heavy (non-hydrogen) atoms. The fraction of sp³-hybridized carbons (Fsp3) is 0.0714. The van der Waals surface area contributed by atoms with E-state index in [2.05, 4.69) is 27.3 Å². The van der Waals surface area contributed by atoms with E-state index in [-0.39, 0.29) is 0 Å². The standard InChI is InChI=1S/C14H12BrN3O/c1-19-14-7-11(2-4-12(14)15)18-10-3-5-13(17)9(6-10)8-16/h2-7,18H,17H2,1H3. The molecule has 0 radical (unpaired) electrons. The van der Waals surface area contributed by atoms with Gasteiger partial charge >= 0.3 is 0 Å². The van der Waals surface area contributed by atoms with Gasteiger partial charge in [0.25, 0.3) is 0 Å². The summed E-state index contributed by atoms with van der Waals surface area (Å²) in [6, 6.07) is 13.0. The van der Waals surface area contributed by atoms with Crippen LogP contribution in [0.15, 0.2) is 40.9 Å². The largest absolute Gasteiger partial charge is 0.495 e. The fourth-order valence-electron chi connectivity index (χ4n) is 1.64. The van der Waals surface area contributed by atoms with Gasteiger partial charge in [0.1, 0.15) is 11.8 Å². The second-order valence-corrected chi connectivity index (χ2v) is 4.74. The zero-order valence-corrected chi connectivity index (χ0v) is 11.9. The predicted octanol–water partition coefficient (Wildman–Crippen LogP) is 3.66. The number of benzene rings is 2. The maximum Gasteiger partial charge on any atom is 0.135 e. The molecule has 5 heteroatoms. The number of nitrogens with two attached hydrogens (primary N) is 1. The molecule has 0 amide bonds. The zero-order chi connectivity index (χ0) is 13.8. The summed E-state index contributed by atoms with van der Waals surface area (Å²) in [7, 11) is 1.61. The zero-order valence-electron chi connectivity index (χ0n) is 10.3. The molecule has 0 atom stereocenters. The molecule has 96 valence electrons. The van der Waals surface area contributed by atoms with Crippen molar-refractivity contribution in [3.8, 4) is 11.8 Å². The third-order valence-corrected chi connectivity index (χ3v) is 3.27. The maximum absolute atomic E-state index is 8.94. The molecule has 0 fully saturated rings. The van der Waals surface area contributed by atoms with E-state index >= 15 is 0 Å². The average molecular weight is 318 g/mol. The SMILES string of the molecule is COc1cc(Nc2ccc(N)c(C#N)c2)ccc1Br. The molecule has 0 aliphatic heterocycles. The summed E-state index contributed by atoms with van der Waals surface area (Å²) in [5.74, 6) is 0.737. The van der Waals surface area contributed by atoms with Crippen LogP contribution in [0.5, 0.6) is 5.75 Å². The molecule has 0 bridgehead atoms. The number of halogens is 1. The van der Waals surface area contributed by atoms with E-state index in [0.29, 0.717) is 11.3 Å². The summed E-state index contributed by atoms with van der Waals surface area (Å²) in [5.41, 5.74) is 8.28. The van der Waals surface area contributed by atoms with Crippen molar-refractivity contribution in [2.75, 3.05) is 18.2 Å². The van der Waals surface area contributed by atoms with Crippen LogP contribution in [0, 0.1) is 11.3 Å². The number of ether oxygens (including phenoxy) is 1. The number of rotatable bonds is 3. The molecule has 4 nitrogen and oxygen atoms in total. The Morgan fingerprint density at radius 1 is 1.21 bits per heavy atom. The number of anilines is 3. The molecule has 2 aromatic rings. The van der Waals surface area contributed by atoms with Crippen LogP contribution in [0.3, 0.4) is 0 Å². The van der Waals surface area contributed by atoms with Gasteiger partial charge < -0.3 is 15.8 Å². The van der Waals surface area contributed by atoms with Crippen molar-refractivity contribution in [3.63, 3.8) is 0 Å². The number of nitrogens with one attached hydrogen (secondary N) is 1. The molecule has 3 N–H and O–H groups in total. The maximum atomic E-state index is 8.94. The van der Waals surface area contributed by atoms with Gasteiger partial charge in [-0.15, -0.1) is 0 Å². The molecular weight excluding hydrogens is 306 g/mol. The Balaban J connectivity index is 2.29. The molecule has 0 unspecified atom stereocenters. The highest BCUT2D eigenvalue weighted by Gasteiger charge is 2.04. The lowest BCUT2D eigenvalue weighted by atomic mass is 10.1. The topological polar surface area (TPSA) is 71.1 Å². The first kappa shape index (κ1) is 13.2. The second-order valence-electron chi connectivity index (χ2n) is 3.89. The first-order chi connectivity index (χ1) is 9.13. The summed E-state index contributed by atoms with van der Waals surface area (Å²) in [5, 5.41) is 12.1. The summed E-state index contributed by atoms with van der Waals surface area (Å²) in [6.45, 7) is 0. The van der Waals surface area contributed by atoms with Crippen molar-refractivity contribution >= 4 is 33.0 Å². The summed E-state index contributed by atoms with van der Waals surface area (Å²) in [4.78, 5) is 0. The number of nitriles is 1. The molecule has 0 aromatic heterocycles. The third kappa shape index (κ3) is 2.98. The number of hydrogen-bond acceptors (Lipinski definition) is 4. The fourth-order valence-corrected chi connectivity index (χ4v) is 2.04. The van der Waals surface area contributed by atoms with Crippen LogP contribution < -0.4 is 15.8 Å². The van der Waals surface area contributed by atoms with Gasteiger partial charge in [-0.2, -0.15) is 5.26 Å². The highest BCUT2D eigenvalue weighted by Crippen LogP contribution is 2.29. The lowest BCUT2D eigenvalue weighted by Gasteiger charge is -2.10. The average Bonchev–Trinajstić information content (AvgIpc) is 2.43. The van der Waals surface area contributed by atoms with E-state index in [1.165, 1.54) is 0 Å². The van der Waals surface area contributed by atoms with Crippen LogP contribution in [0.4, 0.5) is 17.1 Å². The number of nitrogens with zero attached hydrogens (tertiary/aromatic N) is 1. The predicted molar refractivity (Wildman–Crippen MR) is 79.5 cm³/mol. The highest BCUT2D eigenvalue weighted by molar-refractivity contribution is 9.10. The van der Waals surface area contributed by atoms with Crippen molar-refractivity contribution in [2.45, 2.75) is 0 Å². The lowest BCUT2D eigenvalue weighted by molar-refractivity contribution is 0.412. The Labute approximate surface area is 119 Å². The number of methoxy groups -OCH3 is 1. The van der Waals surface area contributed by atoms with Crippen LogP contribution in [-0.4, -0.2) is 7.11 Å². The summed E-state index contributed by atoms with van der Waals surface area (Å²) >= 11 is 3.40. The summed E-state index contributed by atoms with van der Waals surface area (Å²) < 4.78 is 6.11. The van der Waals surface area contributed by atoms with Crippen LogP contribution >= 0.6 is 15.9 Å². The third-order valence-electron chi connectivity index (χ3n) is 2.61. The van der Waals surface area contributed by atoms with Gasteiger partial charge in [-0.05, 0) is 46.3 Å². The first-order valence-electron chi connectivity index (χ1n) is 5.54. The molecule has 0 saturated carbocycles. The van der Waals surface area contributed by atoms with Gasteiger partial charge in [0.2, 0.25) is 0 Å². The Bertz CT molecular complexity index is 650. The van der Waals surface area contributed by atoms with E-state index in [9.17, 15) is 0 Å². The molecule has 0 spiro atoms. The minimum Gasteiger partial charge on any atom is -0.495 e. The van der Waals surface area contributed by atoms with Gasteiger partial charge in [0.15, 0.2) is 0 Å². The van der Waals surface area contributed by atoms with E-state index < -0.39 is 0 Å². The lowest BCUT2D eigenvalue weighted by Crippen LogP contribution is -1.95. The highest BCUT2D eigenvalue weighted by atomic mass is 79.9. The van der Waals surface area contributed by atoms with Crippen LogP contribution in [-0.2, 0) is 0 Å². The number of nitrogen functional groups attached to an aromatic ring is 1. The van der Waals surface area contributed by atoms with Crippen molar-refractivity contribution < 1.29 is 4.74 Å². The van der Waals surface area contributed by atoms with E-state index in [1.54, 1.807) is 19.2 Å². The molecule has 0 heterocycles. The molecule has 2 aromatic carbocycles. The molecule has 2 rings (SSSR count). The van der Waals surface area contributed by atoms with Gasteiger partial charge in [0, 0.05) is 23.1 Å². The molecular formula is C14H12BrN3O. The Morgan fingerprint density at radius 2 is 1.89 bits per heavy atom. The van der Waals surface area contributed by atoms with Crippen molar-refractivity contribution in [2.24, 2.45) is 0 Å². The van der Waals surface area contributed by atoms with Gasteiger partial charge in [-0.25, -0.2) is 0 Å². The Hall–Kier alpha value is -2.19. The monoisotopic (exact) mass is 317 g/mol. The molecule has 0 saturated heterocycles. The van der Waals surface area contributed by atoms with E-state index in [0.717, 1.165) is 21.6 Å². The number of hydrogen-bond donors (Lipinski definition) is 2. The van der Waals surface area contributed by atoms with Gasteiger partial charge in [-0.3, -0.25) is 0 Å². The minimum absolute atomic E-state index is 0.453. The quantitative estimate of drug-likeness (QED) is 0.847. The van der Waals surface area contributed by atoms with Crippen LogP contribution in [0.2, 0.25) is 0 Å². The smallest absolute Gasteiger partial charge is 0.135 e. The molecule has 0 aliphatic rings. The Kier molecular flexibility index (Phi) is 3.93.